The van der Waals surface area contributed by atoms with Gasteiger partial charge in [-0.3, -0.25) is 0 Å². The topological polar surface area (TPSA) is 53.4 Å². The van der Waals surface area contributed by atoms with Crippen molar-refractivity contribution in [3.05, 3.63) is 77.1 Å². The Bertz CT molecular complexity index is 759. The van der Waals surface area contributed by atoms with E-state index in [0.717, 1.165) is 29.5 Å². The van der Waals surface area contributed by atoms with Gasteiger partial charge in [-0.2, -0.15) is 0 Å². The second-order valence-corrected chi connectivity index (χ2v) is 5.87. The molecule has 0 bridgehead atoms. The third-order valence-electron chi connectivity index (χ3n) is 3.47. The smallest absolute Gasteiger partial charge is 0.328 e. The molecule has 124 valence electrons. The van der Waals surface area contributed by atoms with Gasteiger partial charge in [0, 0.05) is 18.2 Å². The molecule has 1 N–H and O–H groups in total. The number of carboxylic acid groups (broad SMARTS) is 1. The van der Waals surface area contributed by atoms with Crippen molar-refractivity contribution < 1.29 is 9.90 Å². The van der Waals surface area contributed by atoms with E-state index in [9.17, 15) is 4.79 Å². The van der Waals surface area contributed by atoms with Crippen molar-refractivity contribution in [3.63, 3.8) is 0 Å². The number of pyridine rings is 1. The van der Waals surface area contributed by atoms with E-state index in [1.807, 2.05) is 26.2 Å². The van der Waals surface area contributed by atoms with Gasteiger partial charge in [0.05, 0.1) is 11.4 Å². The Morgan fingerprint density at radius 1 is 1.17 bits per heavy atom. The highest BCUT2D eigenvalue weighted by Crippen LogP contribution is 2.23. The maximum atomic E-state index is 10.7. The minimum absolute atomic E-state index is 0.623. The van der Waals surface area contributed by atoms with E-state index in [0.29, 0.717) is 5.69 Å². The van der Waals surface area contributed by atoms with Crippen LogP contribution in [0.2, 0.25) is 0 Å². The fourth-order valence-corrected chi connectivity index (χ4v) is 2.23. The molecule has 0 aliphatic heterocycles. The van der Waals surface area contributed by atoms with Gasteiger partial charge in [-0.25, -0.2) is 9.78 Å². The number of aryl methyl sites for hydroxylation is 1. The lowest BCUT2D eigenvalue weighted by Gasteiger charge is -2.12. The molecule has 2 aromatic rings. The molecule has 4 nitrogen and oxygen atoms in total. The maximum absolute atomic E-state index is 10.7. The van der Waals surface area contributed by atoms with E-state index in [1.165, 1.54) is 11.6 Å². The summed E-state index contributed by atoms with van der Waals surface area (Å²) in [5.41, 5.74) is 4.78. The molecule has 0 saturated carbocycles. The summed E-state index contributed by atoms with van der Waals surface area (Å²) in [4.78, 5) is 17.4. The van der Waals surface area contributed by atoms with Gasteiger partial charge in [0.15, 0.2) is 0 Å². The molecule has 0 atom stereocenters. The quantitative estimate of drug-likeness (QED) is 0.827. The molecule has 1 aromatic carbocycles. The van der Waals surface area contributed by atoms with Gasteiger partial charge in [0.1, 0.15) is 0 Å². The molecule has 0 aliphatic rings. The summed E-state index contributed by atoms with van der Waals surface area (Å²) < 4.78 is 0. The lowest BCUT2D eigenvalue weighted by atomic mass is 10.00. The number of aliphatic carboxylic acids is 1. The first kappa shape index (κ1) is 17.6. The molecule has 2 rings (SSSR count). The Balaban J connectivity index is 2.43. The van der Waals surface area contributed by atoms with Gasteiger partial charge in [-0.05, 0) is 44.8 Å². The zero-order chi connectivity index (χ0) is 17.5. The van der Waals surface area contributed by atoms with Crippen molar-refractivity contribution in [2.24, 2.45) is 0 Å². The van der Waals surface area contributed by atoms with Crippen molar-refractivity contribution in [2.45, 2.75) is 6.92 Å². The van der Waals surface area contributed by atoms with Gasteiger partial charge in [0.25, 0.3) is 0 Å². The average Bonchev–Trinajstić information content (AvgIpc) is 2.55. The third-order valence-corrected chi connectivity index (χ3v) is 3.47. The Morgan fingerprint density at radius 2 is 1.88 bits per heavy atom. The molecule has 0 radical (unpaired) electrons. The predicted octanol–water partition coefficient (Wildman–Crippen LogP) is 3.48. The Kier molecular flexibility index (Phi) is 6.04. The summed E-state index contributed by atoms with van der Waals surface area (Å²) in [6.45, 7) is 2.85. The van der Waals surface area contributed by atoms with E-state index >= 15 is 0 Å². The van der Waals surface area contributed by atoms with Crippen LogP contribution in [0.4, 0.5) is 0 Å². The summed E-state index contributed by atoms with van der Waals surface area (Å²) in [5, 5.41) is 8.77. The summed E-state index contributed by atoms with van der Waals surface area (Å²) in [6, 6.07) is 13.9. The SMILES string of the molecule is Cc1ccc(C(=CCN(C)C)c2cccc(C=CC(=O)O)n2)cc1. The average molecular weight is 322 g/mol. The highest BCUT2D eigenvalue weighted by atomic mass is 16.4. The van der Waals surface area contributed by atoms with Crippen molar-refractivity contribution >= 4 is 17.6 Å². The van der Waals surface area contributed by atoms with Gasteiger partial charge in [0.2, 0.25) is 0 Å². The minimum atomic E-state index is -0.982. The molecule has 1 aromatic heterocycles. The van der Waals surface area contributed by atoms with Crippen molar-refractivity contribution in [2.75, 3.05) is 20.6 Å². The van der Waals surface area contributed by atoms with Crippen LogP contribution >= 0.6 is 0 Å². The number of nitrogens with zero attached hydrogens (tertiary/aromatic N) is 2. The molecule has 0 amide bonds. The summed E-state index contributed by atoms with van der Waals surface area (Å²) >= 11 is 0. The van der Waals surface area contributed by atoms with Crippen molar-refractivity contribution in [3.8, 4) is 0 Å². The lowest BCUT2D eigenvalue weighted by molar-refractivity contribution is -0.131. The zero-order valence-corrected chi connectivity index (χ0v) is 14.2. The van der Waals surface area contributed by atoms with Gasteiger partial charge in [-0.15, -0.1) is 0 Å². The Hall–Kier alpha value is -2.72. The molecule has 0 spiro atoms. The number of aromatic nitrogens is 1. The predicted molar refractivity (Wildman–Crippen MR) is 97.7 cm³/mol. The number of likely N-dealkylation sites (N-methyl/N-ethyl adjacent to an activating group) is 1. The summed E-state index contributed by atoms with van der Waals surface area (Å²) in [6.07, 6.45) is 4.74. The standard InChI is InChI=1S/C20H22N2O2/c1-15-7-9-16(10-8-15)18(13-14-22(2)3)19-6-4-5-17(21-19)11-12-20(23)24/h4-13H,14H2,1-3H3,(H,23,24). The number of benzene rings is 1. The van der Waals surface area contributed by atoms with Crippen LogP contribution < -0.4 is 0 Å². The first-order chi connectivity index (χ1) is 11.5. The highest BCUT2D eigenvalue weighted by Gasteiger charge is 2.07. The molecule has 4 heteroatoms. The van der Waals surface area contributed by atoms with E-state index in [1.54, 1.807) is 6.07 Å². The molecule has 0 saturated heterocycles. The zero-order valence-electron chi connectivity index (χ0n) is 14.2. The summed E-state index contributed by atoms with van der Waals surface area (Å²) in [5.74, 6) is -0.982. The van der Waals surface area contributed by atoms with Crippen LogP contribution in [-0.4, -0.2) is 41.6 Å². The molecule has 0 fully saturated rings. The Morgan fingerprint density at radius 3 is 2.50 bits per heavy atom. The van der Waals surface area contributed by atoms with Crippen LogP contribution in [-0.2, 0) is 4.79 Å². The van der Waals surface area contributed by atoms with Crippen LogP contribution in [0, 0.1) is 6.92 Å². The first-order valence-corrected chi connectivity index (χ1v) is 7.76. The largest absolute Gasteiger partial charge is 0.478 e. The van der Waals surface area contributed by atoms with E-state index in [4.69, 9.17) is 5.11 Å². The number of hydrogen-bond donors (Lipinski definition) is 1. The number of carbonyl (C=O) groups is 1. The van der Waals surface area contributed by atoms with Crippen LogP contribution in [0.3, 0.4) is 0 Å². The van der Waals surface area contributed by atoms with Crippen LogP contribution in [0.25, 0.3) is 11.6 Å². The maximum Gasteiger partial charge on any atom is 0.328 e. The monoisotopic (exact) mass is 322 g/mol. The summed E-state index contributed by atoms with van der Waals surface area (Å²) in [7, 11) is 4.03. The molecule has 24 heavy (non-hydrogen) atoms. The third kappa shape index (κ3) is 5.18. The highest BCUT2D eigenvalue weighted by molar-refractivity contribution is 5.85. The number of hydrogen-bond acceptors (Lipinski definition) is 3. The van der Waals surface area contributed by atoms with Crippen LogP contribution in [0.1, 0.15) is 22.5 Å². The fraction of sp³-hybridized carbons (Fsp3) is 0.200. The van der Waals surface area contributed by atoms with Gasteiger partial charge >= 0.3 is 5.97 Å². The minimum Gasteiger partial charge on any atom is -0.478 e. The van der Waals surface area contributed by atoms with Crippen LogP contribution in [0.5, 0.6) is 0 Å². The van der Waals surface area contributed by atoms with E-state index < -0.39 is 5.97 Å². The molecular weight excluding hydrogens is 300 g/mol. The fourth-order valence-electron chi connectivity index (χ4n) is 2.23. The van der Waals surface area contributed by atoms with Crippen LogP contribution in [0.15, 0.2) is 54.6 Å². The molecular formula is C20H22N2O2. The second kappa shape index (κ2) is 8.22. The van der Waals surface area contributed by atoms with Crippen molar-refractivity contribution in [1.82, 2.24) is 9.88 Å². The normalized spacial score (nSPS) is 12.1. The van der Waals surface area contributed by atoms with Gasteiger partial charge < -0.3 is 10.0 Å². The lowest BCUT2D eigenvalue weighted by Crippen LogP contribution is -2.11. The van der Waals surface area contributed by atoms with E-state index in [-0.39, 0.29) is 0 Å². The van der Waals surface area contributed by atoms with Gasteiger partial charge in [-0.1, -0.05) is 42.0 Å². The second-order valence-electron chi connectivity index (χ2n) is 5.87. The molecule has 1 heterocycles. The molecule has 0 aliphatic carbocycles. The first-order valence-electron chi connectivity index (χ1n) is 7.76. The number of rotatable bonds is 6. The van der Waals surface area contributed by atoms with E-state index in [2.05, 4.69) is 47.1 Å². The Labute approximate surface area is 142 Å². The number of carboxylic acids is 1. The van der Waals surface area contributed by atoms with Crippen molar-refractivity contribution in [1.29, 1.82) is 0 Å². The molecule has 0 unspecified atom stereocenters.